The van der Waals surface area contributed by atoms with Crippen LogP contribution in [0.2, 0.25) is 0 Å². The van der Waals surface area contributed by atoms with Crippen LogP contribution < -0.4 is 15.2 Å². The molecule has 0 aromatic heterocycles. The Hall–Kier alpha value is -1.30. The highest BCUT2D eigenvalue weighted by Gasteiger charge is 2.73. The largest absolute Gasteiger partial charge is 0.493 e. The first-order valence-corrected chi connectivity index (χ1v) is 10.6. The molecule has 3 unspecified atom stereocenters. The fourth-order valence-electron chi connectivity index (χ4n) is 7.06. The predicted octanol–water partition coefficient (Wildman–Crippen LogP) is 2.24. The molecule has 5 heteroatoms. The van der Waals surface area contributed by atoms with Gasteiger partial charge in [-0.2, -0.15) is 0 Å². The highest BCUT2D eigenvalue weighted by Crippen LogP contribution is 2.66. The maximum atomic E-state index is 6.66. The monoisotopic (exact) mass is 370 g/mol. The van der Waals surface area contributed by atoms with Crippen molar-refractivity contribution in [3.63, 3.8) is 0 Å². The Morgan fingerprint density at radius 1 is 1.22 bits per heavy atom. The first kappa shape index (κ1) is 16.6. The summed E-state index contributed by atoms with van der Waals surface area (Å²) in [7, 11) is 3.65. The molecule has 3 fully saturated rings. The van der Waals surface area contributed by atoms with Crippen molar-refractivity contribution >= 4 is 0 Å². The standard InChI is InChI=1S/C22H30N2O3/c1-25-16-6-5-14-11-17-22(26-2)8-7-15(23)20-21(22,18(14)19(16)27-20)9-10-24(17)12-13-3-4-13/h5-6,13,15,17,20H,3-4,7-12,23H2,1-2H3/t15-,17?,20?,21?,22-/m1/s1. The van der Waals surface area contributed by atoms with Crippen molar-refractivity contribution < 1.29 is 14.2 Å². The summed E-state index contributed by atoms with van der Waals surface area (Å²) in [6, 6.07) is 4.81. The molecule has 2 heterocycles. The molecule has 3 aliphatic carbocycles. The molecule has 27 heavy (non-hydrogen) atoms. The average Bonchev–Trinajstić information content (AvgIpc) is 3.43. The zero-order valence-corrected chi connectivity index (χ0v) is 16.4. The van der Waals surface area contributed by atoms with Gasteiger partial charge in [-0.05, 0) is 62.6 Å². The van der Waals surface area contributed by atoms with Crippen LogP contribution >= 0.6 is 0 Å². The maximum absolute atomic E-state index is 6.66. The van der Waals surface area contributed by atoms with Gasteiger partial charge in [-0.3, -0.25) is 4.90 Å². The molecule has 2 saturated carbocycles. The van der Waals surface area contributed by atoms with E-state index in [-0.39, 0.29) is 23.2 Å². The fraction of sp³-hybridized carbons (Fsp3) is 0.727. The summed E-state index contributed by atoms with van der Waals surface area (Å²) >= 11 is 0. The summed E-state index contributed by atoms with van der Waals surface area (Å²) in [6.45, 7) is 2.34. The molecule has 2 aliphatic heterocycles. The molecular formula is C22H30N2O3. The second-order valence-corrected chi connectivity index (χ2v) is 9.35. The lowest BCUT2D eigenvalue weighted by atomic mass is 9.48. The first-order valence-electron chi connectivity index (χ1n) is 10.6. The van der Waals surface area contributed by atoms with Crippen LogP contribution in [-0.2, 0) is 16.6 Å². The third-order valence-corrected chi connectivity index (χ3v) is 8.34. The molecule has 5 aliphatic rings. The van der Waals surface area contributed by atoms with Gasteiger partial charge in [0.05, 0.1) is 18.1 Å². The summed E-state index contributed by atoms with van der Waals surface area (Å²) in [4.78, 5) is 2.74. The fourth-order valence-corrected chi connectivity index (χ4v) is 7.06. The van der Waals surface area contributed by atoms with E-state index in [1.54, 1.807) is 7.11 Å². The van der Waals surface area contributed by atoms with Crippen molar-refractivity contribution in [1.82, 2.24) is 4.90 Å². The Morgan fingerprint density at radius 3 is 2.81 bits per heavy atom. The normalized spacial score (nSPS) is 41.8. The average molecular weight is 370 g/mol. The zero-order chi connectivity index (χ0) is 18.4. The van der Waals surface area contributed by atoms with Gasteiger partial charge in [0.2, 0.25) is 0 Å². The molecule has 0 amide bonds. The van der Waals surface area contributed by atoms with Crippen molar-refractivity contribution in [3.8, 4) is 11.5 Å². The van der Waals surface area contributed by atoms with Gasteiger partial charge in [0.15, 0.2) is 11.5 Å². The predicted molar refractivity (Wildman–Crippen MR) is 102 cm³/mol. The van der Waals surface area contributed by atoms with Crippen LogP contribution in [0.5, 0.6) is 11.5 Å². The summed E-state index contributed by atoms with van der Waals surface area (Å²) < 4.78 is 18.8. The number of hydrogen-bond acceptors (Lipinski definition) is 5. The molecule has 1 aromatic rings. The molecule has 1 aromatic carbocycles. The van der Waals surface area contributed by atoms with Crippen molar-refractivity contribution in [2.45, 2.75) is 67.7 Å². The smallest absolute Gasteiger partial charge is 0.165 e. The van der Waals surface area contributed by atoms with Crippen molar-refractivity contribution in [1.29, 1.82) is 0 Å². The molecule has 2 N–H and O–H groups in total. The van der Waals surface area contributed by atoms with Crippen LogP contribution in [0, 0.1) is 5.92 Å². The molecule has 0 radical (unpaired) electrons. The summed E-state index contributed by atoms with van der Waals surface area (Å²) in [5.74, 6) is 2.67. The van der Waals surface area contributed by atoms with Crippen molar-refractivity contribution in [2.75, 3.05) is 27.3 Å². The van der Waals surface area contributed by atoms with E-state index in [0.717, 1.165) is 49.6 Å². The number of ether oxygens (including phenoxy) is 3. The highest BCUT2D eigenvalue weighted by molar-refractivity contribution is 5.63. The Labute approximate surface area is 161 Å². The number of methoxy groups -OCH3 is 2. The lowest BCUT2D eigenvalue weighted by Crippen LogP contribution is -2.78. The Bertz CT molecular complexity index is 794. The minimum atomic E-state index is -0.203. The third kappa shape index (κ3) is 1.86. The van der Waals surface area contributed by atoms with Gasteiger partial charge in [0.25, 0.3) is 0 Å². The lowest BCUT2D eigenvalue weighted by Gasteiger charge is -2.65. The van der Waals surface area contributed by atoms with E-state index in [4.69, 9.17) is 19.9 Å². The molecule has 2 bridgehead atoms. The van der Waals surface area contributed by atoms with E-state index in [2.05, 4.69) is 17.0 Å². The first-order chi connectivity index (χ1) is 13.1. The highest BCUT2D eigenvalue weighted by atomic mass is 16.5. The number of likely N-dealkylation sites (tertiary alicyclic amines) is 1. The molecule has 146 valence electrons. The van der Waals surface area contributed by atoms with Gasteiger partial charge in [-0.1, -0.05) is 6.07 Å². The van der Waals surface area contributed by atoms with E-state index < -0.39 is 0 Å². The number of rotatable bonds is 4. The Kier molecular flexibility index (Phi) is 3.33. The quantitative estimate of drug-likeness (QED) is 0.881. The SMILES string of the molecule is COc1ccc2c3c1OC1[C@H](N)CC[C@@]4(OC)C(C2)N(CC2CC2)CCC314. The van der Waals surface area contributed by atoms with Crippen molar-refractivity contribution in [3.05, 3.63) is 23.3 Å². The zero-order valence-electron chi connectivity index (χ0n) is 16.4. The van der Waals surface area contributed by atoms with Crippen LogP contribution in [0.15, 0.2) is 12.1 Å². The Balaban J connectivity index is 1.58. The maximum Gasteiger partial charge on any atom is 0.165 e. The molecular weight excluding hydrogens is 340 g/mol. The summed E-state index contributed by atoms with van der Waals surface area (Å²) in [5, 5.41) is 0. The number of hydrogen-bond donors (Lipinski definition) is 1. The minimum absolute atomic E-state index is 0.0119. The minimum Gasteiger partial charge on any atom is -0.493 e. The topological polar surface area (TPSA) is 57.0 Å². The molecule has 5 atom stereocenters. The molecule has 1 saturated heterocycles. The van der Waals surface area contributed by atoms with Gasteiger partial charge in [-0.15, -0.1) is 0 Å². The second-order valence-electron chi connectivity index (χ2n) is 9.35. The molecule has 1 spiro atoms. The van der Waals surface area contributed by atoms with Crippen LogP contribution in [0.25, 0.3) is 0 Å². The Morgan fingerprint density at radius 2 is 2.07 bits per heavy atom. The van der Waals surface area contributed by atoms with Gasteiger partial charge in [0.1, 0.15) is 6.10 Å². The van der Waals surface area contributed by atoms with Gasteiger partial charge in [-0.25, -0.2) is 0 Å². The number of benzene rings is 1. The van der Waals surface area contributed by atoms with Gasteiger partial charge in [0, 0.05) is 31.3 Å². The van der Waals surface area contributed by atoms with E-state index >= 15 is 0 Å². The van der Waals surface area contributed by atoms with Crippen LogP contribution in [0.3, 0.4) is 0 Å². The summed E-state index contributed by atoms with van der Waals surface area (Å²) in [6.07, 6.45) is 6.86. The second kappa shape index (κ2) is 5.40. The van der Waals surface area contributed by atoms with E-state index in [9.17, 15) is 0 Å². The van der Waals surface area contributed by atoms with E-state index in [1.165, 1.54) is 30.5 Å². The van der Waals surface area contributed by atoms with Crippen molar-refractivity contribution in [2.24, 2.45) is 11.7 Å². The van der Waals surface area contributed by atoms with Gasteiger partial charge < -0.3 is 19.9 Å². The van der Waals surface area contributed by atoms with Crippen LogP contribution in [0.1, 0.15) is 43.2 Å². The number of piperidine rings is 1. The van der Waals surface area contributed by atoms with Gasteiger partial charge >= 0.3 is 0 Å². The summed E-state index contributed by atoms with van der Waals surface area (Å²) in [5.41, 5.74) is 9.09. The molecule has 5 nitrogen and oxygen atoms in total. The van der Waals surface area contributed by atoms with Crippen LogP contribution in [-0.4, -0.2) is 56.0 Å². The number of nitrogens with two attached hydrogens (primary N) is 1. The molecule has 6 rings (SSSR count). The third-order valence-electron chi connectivity index (χ3n) is 8.34. The van der Waals surface area contributed by atoms with E-state index in [1.807, 2.05) is 7.11 Å². The van der Waals surface area contributed by atoms with Crippen LogP contribution in [0.4, 0.5) is 0 Å². The van der Waals surface area contributed by atoms with E-state index in [0.29, 0.717) is 6.04 Å². The lowest BCUT2D eigenvalue weighted by molar-refractivity contribution is -0.205. The number of nitrogens with zero attached hydrogens (tertiary/aromatic N) is 1.